The van der Waals surface area contributed by atoms with Gasteiger partial charge in [0.25, 0.3) is 0 Å². The van der Waals surface area contributed by atoms with E-state index in [0.717, 1.165) is 0 Å². The Morgan fingerprint density at radius 2 is 2.21 bits per heavy atom. The zero-order valence-corrected chi connectivity index (χ0v) is 13.5. The predicted octanol–water partition coefficient (Wildman–Crippen LogP) is 3.13. The third-order valence-corrected chi connectivity index (χ3v) is 4.92. The summed E-state index contributed by atoms with van der Waals surface area (Å²) < 4.78 is 2.56. The molecule has 108 valence electrons. The van der Waals surface area contributed by atoms with Crippen molar-refractivity contribution in [1.29, 1.82) is 0 Å². The first-order valence-corrected chi connectivity index (χ1v) is 8.28. The number of piperidine rings is 1. The van der Waals surface area contributed by atoms with Gasteiger partial charge in [0.2, 0.25) is 0 Å². The second-order valence-corrected chi connectivity index (χ2v) is 8.42. The Morgan fingerprint density at radius 3 is 2.84 bits per heavy atom. The molecule has 1 atom stereocenters. The van der Waals surface area contributed by atoms with Crippen molar-refractivity contribution < 1.29 is 0 Å². The summed E-state index contributed by atoms with van der Waals surface area (Å²) in [5.41, 5.74) is 0. The molecule has 2 heterocycles. The molecule has 19 heavy (non-hydrogen) atoms. The van der Waals surface area contributed by atoms with Gasteiger partial charge in [-0.05, 0) is 19.4 Å². The Labute approximate surface area is 121 Å². The molecule has 0 N–H and O–H groups in total. The molecule has 3 nitrogen and oxygen atoms in total. The van der Waals surface area contributed by atoms with E-state index in [0.29, 0.717) is 10.7 Å². The lowest BCUT2D eigenvalue weighted by Gasteiger charge is -2.33. The number of hydrogen-bond donors (Lipinski definition) is 0. The van der Waals surface area contributed by atoms with Gasteiger partial charge in [-0.15, -0.1) is 0 Å². The molecule has 1 aliphatic heterocycles. The topological polar surface area (TPSA) is 21.1 Å². The van der Waals surface area contributed by atoms with Gasteiger partial charge in [-0.2, -0.15) is 11.8 Å². The number of rotatable bonds is 4. The van der Waals surface area contributed by atoms with E-state index in [1.165, 1.54) is 44.1 Å². The molecule has 2 rings (SSSR count). The van der Waals surface area contributed by atoms with Crippen LogP contribution in [-0.2, 0) is 7.05 Å². The largest absolute Gasteiger partial charge is 0.338 e. The summed E-state index contributed by atoms with van der Waals surface area (Å²) in [5, 5.41) is 0. The summed E-state index contributed by atoms with van der Waals surface area (Å²) in [5.74, 6) is 3.11. The molecule has 0 amide bonds. The highest BCUT2D eigenvalue weighted by Gasteiger charge is 2.24. The van der Waals surface area contributed by atoms with Crippen LogP contribution in [0, 0.1) is 0 Å². The van der Waals surface area contributed by atoms with Gasteiger partial charge in [0.05, 0.1) is 0 Å². The average Bonchev–Trinajstić information content (AvgIpc) is 2.74. The lowest BCUT2D eigenvalue weighted by Crippen LogP contribution is -2.37. The van der Waals surface area contributed by atoms with E-state index in [1.807, 2.05) is 6.20 Å². The number of aryl methyl sites for hydroxylation is 1. The summed E-state index contributed by atoms with van der Waals surface area (Å²) in [7, 11) is 2.11. The molecule has 0 saturated carbocycles. The zero-order valence-electron chi connectivity index (χ0n) is 12.7. The van der Waals surface area contributed by atoms with E-state index in [2.05, 4.69) is 60.2 Å². The van der Waals surface area contributed by atoms with Crippen molar-refractivity contribution >= 4 is 11.8 Å². The third-order valence-electron chi connectivity index (χ3n) is 3.67. The first-order valence-electron chi connectivity index (χ1n) is 7.29. The van der Waals surface area contributed by atoms with Crippen molar-refractivity contribution in [3.63, 3.8) is 0 Å². The molecular formula is C15H27N3S. The molecule has 0 spiro atoms. The minimum absolute atomic E-state index is 0.384. The second-order valence-electron chi connectivity index (χ2n) is 6.50. The molecule has 1 aromatic heterocycles. The molecule has 1 unspecified atom stereocenters. The second kappa shape index (κ2) is 6.31. The van der Waals surface area contributed by atoms with Crippen molar-refractivity contribution in [2.75, 3.05) is 25.4 Å². The fourth-order valence-corrected chi connectivity index (χ4v) is 3.68. The highest BCUT2D eigenvalue weighted by molar-refractivity contribution is 8.00. The molecule has 1 aliphatic rings. The number of hydrogen-bond acceptors (Lipinski definition) is 3. The molecule has 1 aromatic rings. The summed E-state index contributed by atoms with van der Waals surface area (Å²) in [6, 6.07) is 0. The summed E-state index contributed by atoms with van der Waals surface area (Å²) in [6.07, 6.45) is 6.57. The van der Waals surface area contributed by atoms with Crippen LogP contribution in [-0.4, -0.2) is 44.6 Å². The maximum absolute atomic E-state index is 4.52. The normalized spacial score (nSPS) is 21.8. The highest BCUT2D eigenvalue weighted by atomic mass is 32.2. The number of likely N-dealkylation sites (tertiary alicyclic amines) is 1. The van der Waals surface area contributed by atoms with Crippen LogP contribution < -0.4 is 0 Å². The van der Waals surface area contributed by atoms with Crippen LogP contribution in [0.1, 0.15) is 45.4 Å². The van der Waals surface area contributed by atoms with Gasteiger partial charge in [0, 0.05) is 48.9 Å². The molecule has 0 aromatic carbocycles. The third kappa shape index (κ3) is 4.53. The van der Waals surface area contributed by atoms with Crippen LogP contribution >= 0.6 is 11.8 Å². The summed E-state index contributed by atoms with van der Waals surface area (Å²) in [6.45, 7) is 10.5. The molecule has 0 aliphatic carbocycles. The smallest absolute Gasteiger partial charge is 0.112 e. The van der Waals surface area contributed by atoms with E-state index in [-0.39, 0.29) is 0 Å². The number of thioether (sulfide) groups is 1. The Hall–Kier alpha value is -0.480. The number of imidazole rings is 1. The van der Waals surface area contributed by atoms with E-state index < -0.39 is 0 Å². The first kappa shape index (κ1) is 14.9. The van der Waals surface area contributed by atoms with Gasteiger partial charge < -0.3 is 9.47 Å². The van der Waals surface area contributed by atoms with E-state index in [1.54, 1.807) is 0 Å². The summed E-state index contributed by atoms with van der Waals surface area (Å²) in [4.78, 5) is 7.14. The minimum Gasteiger partial charge on any atom is -0.338 e. The Bertz CT molecular complexity index is 394. The van der Waals surface area contributed by atoms with Gasteiger partial charge in [0.15, 0.2) is 0 Å². The van der Waals surface area contributed by atoms with Crippen molar-refractivity contribution in [1.82, 2.24) is 14.5 Å². The lowest BCUT2D eigenvalue weighted by molar-refractivity contribution is 0.214. The van der Waals surface area contributed by atoms with Crippen molar-refractivity contribution in [2.24, 2.45) is 7.05 Å². The monoisotopic (exact) mass is 281 g/mol. The van der Waals surface area contributed by atoms with Crippen molar-refractivity contribution in [3.05, 3.63) is 18.2 Å². The quantitative estimate of drug-likeness (QED) is 0.846. The van der Waals surface area contributed by atoms with Crippen molar-refractivity contribution in [2.45, 2.75) is 44.3 Å². The standard InChI is InChI=1S/C15H27N3S/c1-15(2,3)19-11-10-18-8-5-6-13(12-18)14-16-7-9-17(14)4/h7,9,13H,5-6,8,10-12H2,1-4H3. The van der Waals surface area contributed by atoms with Crippen molar-refractivity contribution in [3.8, 4) is 0 Å². The van der Waals surface area contributed by atoms with Gasteiger partial charge in [-0.1, -0.05) is 20.8 Å². The predicted molar refractivity (Wildman–Crippen MR) is 83.8 cm³/mol. The highest BCUT2D eigenvalue weighted by Crippen LogP contribution is 2.27. The van der Waals surface area contributed by atoms with E-state index in [9.17, 15) is 0 Å². The lowest BCUT2D eigenvalue weighted by atomic mass is 9.97. The molecular weight excluding hydrogens is 254 g/mol. The maximum Gasteiger partial charge on any atom is 0.112 e. The maximum atomic E-state index is 4.52. The zero-order chi connectivity index (χ0) is 13.9. The Morgan fingerprint density at radius 1 is 1.42 bits per heavy atom. The number of nitrogens with zero attached hydrogens (tertiary/aromatic N) is 3. The van der Waals surface area contributed by atoms with Gasteiger partial charge >= 0.3 is 0 Å². The molecule has 4 heteroatoms. The molecule has 1 saturated heterocycles. The van der Waals surface area contributed by atoms with Gasteiger partial charge in [0.1, 0.15) is 5.82 Å². The van der Waals surface area contributed by atoms with Crippen LogP contribution in [0.15, 0.2) is 12.4 Å². The Balaban J connectivity index is 1.83. The fourth-order valence-electron chi connectivity index (χ4n) is 2.72. The Kier molecular flexibility index (Phi) is 4.96. The fraction of sp³-hybridized carbons (Fsp3) is 0.800. The van der Waals surface area contributed by atoms with Crippen LogP contribution in [0.25, 0.3) is 0 Å². The first-order chi connectivity index (χ1) is 8.96. The summed E-state index contributed by atoms with van der Waals surface area (Å²) >= 11 is 2.07. The SMILES string of the molecule is Cn1ccnc1C1CCCN(CCSC(C)(C)C)C1. The average molecular weight is 281 g/mol. The van der Waals surface area contributed by atoms with Gasteiger partial charge in [-0.3, -0.25) is 0 Å². The van der Waals surface area contributed by atoms with Crippen LogP contribution in [0.5, 0.6) is 0 Å². The van der Waals surface area contributed by atoms with Crippen LogP contribution in [0.3, 0.4) is 0 Å². The molecule has 0 bridgehead atoms. The molecule has 1 fully saturated rings. The van der Waals surface area contributed by atoms with Crippen LogP contribution in [0.4, 0.5) is 0 Å². The molecule has 0 radical (unpaired) electrons. The minimum atomic E-state index is 0.384. The van der Waals surface area contributed by atoms with E-state index in [4.69, 9.17) is 0 Å². The number of aromatic nitrogens is 2. The van der Waals surface area contributed by atoms with E-state index >= 15 is 0 Å². The van der Waals surface area contributed by atoms with Crippen LogP contribution in [0.2, 0.25) is 0 Å². The van der Waals surface area contributed by atoms with Gasteiger partial charge in [-0.25, -0.2) is 4.98 Å².